The molecule has 18 heavy (non-hydrogen) atoms. The van der Waals surface area contributed by atoms with Crippen LogP contribution >= 0.6 is 12.4 Å². The zero-order valence-electron chi connectivity index (χ0n) is 10.6. The lowest BCUT2D eigenvalue weighted by Crippen LogP contribution is -2.49. The fourth-order valence-corrected chi connectivity index (χ4v) is 2.30. The molecule has 100 valence electrons. The van der Waals surface area contributed by atoms with E-state index in [1.54, 1.807) is 6.20 Å². The highest BCUT2D eigenvalue weighted by Gasteiger charge is 2.24. The Morgan fingerprint density at radius 3 is 2.83 bits per heavy atom. The van der Waals surface area contributed by atoms with Crippen molar-refractivity contribution in [2.75, 3.05) is 0 Å². The molecule has 1 aromatic heterocycles. The molecule has 1 aromatic rings. The number of hydrogen-bond acceptors (Lipinski definition) is 3. The number of nitrogens with two attached hydrogens (primary N) is 1. The highest BCUT2D eigenvalue weighted by atomic mass is 35.5. The predicted molar refractivity (Wildman–Crippen MR) is 73.9 cm³/mol. The molecule has 1 amide bonds. The van der Waals surface area contributed by atoms with Crippen molar-refractivity contribution in [2.24, 2.45) is 5.73 Å². The van der Waals surface area contributed by atoms with Crippen LogP contribution in [-0.4, -0.2) is 23.0 Å². The Labute approximate surface area is 114 Å². The third-order valence-corrected chi connectivity index (χ3v) is 3.36. The molecule has 1 heterocycles. The van der Waals surface area contributed by atoms with Gasteiger partial charge in [-0.15, -0.1) is 12.4 Å². The molecule has 2 atom stereocenters. The van der Waals surface area contributed by atoms with Crippen LogP contribution in [0.5, 0.6) is 0 Å². The van der Waals surface area contributed by atoms with Crippen molar-refractivity contribution in [1.82, 2.24) is 10.3 Å². The number of hydrogen-bond donors (Lipinski definition) is 2. The highest BCUT2D eigenvalue weighted by Crippen LogP contribution is 2.17. The Hall–Kier alpha value is -1.13. The number of nitrogens with one attached hydrogen (secondary N) is 1. The van der Waals surface area contributed by atoms with E-state index in [1.807, 2.05) is 19.1 Å². The van der Waals surface area contributed by atoms with E-state index in [0.717, 1.165) is 31.2 Å². The van der Waals surface area contributed by atoms with Crippen molar-refractivity contribution in [3.05, 3.63) is 29.6 Å². The monoisotopic (exact) mass is 269 g/mol. The molecule has 0 radical (unpaired) electrons. The van der Waals surface area contributed by atoms with Crippen molar-refractivity contribution >= 4 is 18.3 Å². The summed E-state index contributed by atoms with van der Waals surface area (Å²) in [5, 5.41) is 3.00. The Morgan fingerprint density at radius 2 is 2.17 bits per heavy atom. The standard InChI is InChI=1S/C13H19N3O.ClH/c1-9-5-4-8-15-12(9)13(17)16-11-7-3-2-6-10(11)14;/h4-5,8,10-11H,2-3,6-7,14H2,1H3,(H,16,17);1H/t10-,11-;/m1./s1. The van der Waals surface area contributed by atoms with Gasteiger partial charge in [0.25, 0.3) is 5.91 Å². The zero-order chi connectivity index (χ0) is 12.3. The van der Waals surface area contributed by atoms with E-state index < -0.39 is 0 Å². The van der Waals surface area contributed by atoms with Gasteiger partial charge in [0, 0.05) is 18.3 Å². The van der Waals surface area contributed by atoms with Crippen LogP contribution in [0.3, 0.4) is 0 Å². The molecule has 4 nitrogen and oxygen atoms in total. The lowest BCUT2D eigenvalue weighted by molar-refractivity contribution is 0.0915. The third kappa shape index (κ3) is 3.43. The number of nitrogens with zero attached hydrogens (tertiary/aromatic N) is 1. The average molecular weight is 270 g/mol. The predicted octanol–water partition coefficient (Wildman–Crippen LogP) is 1.81. The maximum atomic E-state index is 12.1. The number of amides is 1. The molecular formula is C13H20ClN3O. The van der Waals surface area contributed by atoms with E-state index in [-0.39, 0.29) is 30.4 Å². The van der Waals surface area contributed by atoms with Crippen molar-refractivity contribution in [3.8, 4) is 0 Å². The Morgan fingerprint density at radius 1 is 1.44 bits per heavy atom. The lowest BCUT2D eigenvalue weighted by atomic mass is 9.91. The lowest BCUT2D eigenvalue weighted by Gasteiger charge is -2.29. The highest BCUT2D eigenvalue weighted by molar-refractivity contribution is 5.93. The van der Waals surface area contributed by atoms with Gasteiger partial charge in [-0.1, -0.05) is 18.9 Å². The SMILES string of the molecule is Cc1cccnc1C(=O)N[C@@H]1CCCC[C@H]1N.Cl. The van der Waals surface area contributed by atoms with Crippen LogP contribution in [-0.2, 0) is 0 Å². The summed E-state index contributed by atoms with van der Waals surface area (Å²) >= 11 is 0. The molecule has 0 unspecified atom stereocenters. The van der Waals surface area contributed by atoms with Crippen LogP contribution in [0.1, 0.15) is 41.7 Å². The smallest absolute Gasteiger partial charge is 0.270 e. The van der Waals surface area contributed by atoms with Crippen LogP contribution in [0.4, 0.5) is 0 Å². The van der Waals surface area contributed by atoms with Crippen LogP contribution in [0.25, 0.3) is 0 Å². The molecule has 0 aliphatic heterocycles. The summed E-state index contributed by atoms with van der Waals surface area (Å²) < 4.78 is 0. The van der Waals surface area contributed by atoms with Gasteiger partial charge >= 0.3 is 0 Å². The summed E-state index contributed by atoms with van der Waals surface area (Å²) in [4.78, 5) is 16.2. The van der Waals surface area contributed by atoms with Gasteiger partial charge in [0.1, 0.15) is 5.69 Å². The van der Waals surface area contributed by atoms with E-state index in [0.29, 0.717) is 5.69 Å². The van der Waals surface area contributed by atoms with Gasteiger partial charge in [0.15, 0.2) is 0 Å². The van der Waals surface area contributed by atoms with Crippen LogP contribution in [0.2, 0.25) is 0 Å². The second kappa shape index (κ2) is 6.71. The summed E-state index contributed by atoms with van der Waals surface area (Å²) in [6.07, 6.45) is 5.91. The normalized spacial score (nSPS) is 23.0. The first-order valence-corrected chi connectivity index (χ1v) is 6.16. The summed E-state index contributed by atoms with van der Waals surface area (Å²) in [5.41, 5.74) is 7.41. The molecular weight excluding hydrogens is 250 g/mol. The van der Waals surface area contributed by atoms with Crippen molar-refractivity contribution in [2.45, 2.75) is 44.7 Å². The van der Waals surface area contributed by atoms with Crippen LogP contribution in [0.15, 0.2) is 18.3 Å². The first-order valence-electron chi connectivity index (χ1n) is 6.16. The largest absolute Gasteiger partial charge is 0.346 e. The van der Waals surface area contributed by atoms with E-state index in [9.17, 15) is 4.79 Å². The summed E-state index contributed by atoms with van der Waals surface area (Å²) in [6.45, 7) is 1.89. The first kappa shape index (κ1) is 14.9. The van der Waals surface area contributed by atoms with E-state index in [2.05, 4.69) is 10.3 Å². The van der Waals surface area contributed by atoms with E-state index >= 15 is 0 Å². The van der Waals surface area contributed by atoms with Gasteiger partial charge < -0.3 is 11.1 Å². The minimum Gasteiger partial charge on any atom is -0.346 e. The van der Waals surface area contributed by atoms with Gasteiger partial charge in [-0.05, 0) is 31.4 Å². The number of halogens is 1. The minimum absolute atomic E-state index is 0. The van der Waals surface area contributed by atoms with Crippen molar-refractivity contribution < 1.29 is 4.79 Å². The quantitative estimate of drug-likeness (QED) is 0.860. The molecule has 0 saturated heterocycles. The van der Waals surface area contributed by atoms with Gasteiger partial charge in [0.2, 0.25) is 0 Å². The summed E-state index contributed by atoms with van der Waals surface area (Å²) in [5.74, 6) is -0.106. The van der Waals surface area contributed by atoms with Crippen molar-refractivity contribution in [3.63, 3.8) is 0 Å². The number of carbonyl (C=O) groups is 1. The van der Waals surface area contributed by atoms with Gasteiger partial charge in [-0.2, -0.15) is 0 Å². The number of aryl methyl sites for hydroxylation is 1. The molecule has 1 fully saturated rings. The van der Waals surface area contributed by atoms with E-state index in [4.69, 9.17) is 5.73 Å². The second-order valence-corrected chi connectivity index (χ2v) is 4.70. The second-order valence-electron chi connectivity index (χ2n) is 4.70. The molecule has 0 bridgehead atoms. The average Bonchev–Trinajstić information content (AvgIpc) is 2.32. The maximum absolute atomic E-state index is 12.1. The van der Waals surface area contributed by atoms with E-state index in [1.165, 1.54) is 0 Å². The summed E-state index contributed by atoms with van der Waals surface area (Å²) in [6, 6.07) is 3.90. The summed E-state index contributed by atoms with van der Waals surface area (Å²) in [7, 11) is 0. The molecule has 1 aliphatic rings. The topological polar surface area (TPSA) is 68.0 Å². The maximum Gasteiger partial charge on any atom is 0.270 e. The zero-order valence-corrected chi connectivity index (χ0v) is 11.4. The Bertz CT molecular complexity index is 411. The molecule has 0 spiro atoms. The van der Waals surface area contributed by atoms with Gasteiger partial charge in [-0.3, -0.25) is 9.78 Å². The number of aromatic nitrogens is 1. The molecule has 0 aromatic carbocycles. The van der Waals surface area contributed by atoms with Crippen LogP contribution < -0.4 is 11.1 Å². The fraction of sp³-hybridized carbons (Fsp3) is 0.538. The number of rotatable bonds is 2. The van der Waals surface area contributed by atoms with Gasteiger partial charge in [0.05, 0.1) is 0 Å². The number of pyridine rings is 1. The molecule has 2 rings (SSSR count). The van der Waals surface area contributed by atoms with Crippen molar-refractivity contribution in [1.29, 1.82) is 0 Å². The van der Waals surface area contributed by atoms with Gasteiger partial charge in [-0.25, -0.2) is 0 Å². The molecule has 1 aliphatic carbocycles. The molecule has 5 heteroatoms. The number of carbonyl (C=O) groups excluding carboxylic acids is 1. The first-order chi connectivity index (χ1) is 8.18. The molecule has 1 saturated carbocycles. The minimum atomic E-state index is -0.106. The molecule has 3 N–H and O–H groups in total. The third-order valence-electron chi connectivity index (χ3n) is 3.36. The van der Waals surface area contributed by atoms with Crippen LogP contribution in [0, 0.1) is 6.92 Å². The Balaban J connectivity index is 0.00000162. The fourth-order valence-electron chi connectivity index (χ4n) is 2.30. The Kier molecular flexibility index (Phi) is 5.56.